The number of halogens is 1. The maximum Gasteiger partial charge on any atom is 0.116 e. The zero-order valence-electron chi connectivity index (χ0n) is 15.6. The molecule has 0 fully saturated rings. The number of para-hydroxylation sites is 1. The lowest BCUT2D eigenvalue weighted by Gasteiger charge is -2.28. The van der Waals surface area contributed by atoms with Crippen molar-refractivity contribution in [3.63, 3.8) is 0 Å². The molecule has 0 aliphatic rings. The highest BCUT2D eigenvalue weighted by atomic mass is 79.9. The van der Waals surface area contributed by atoms with E-state index in [1.807, 2.05) is 12.1 Å². The molecule has 3 heteroatoms. The first-order valence-corrected chi connectivity index (χ1v) is 11.2. The minimum absolute atomic E-state index is 0. The summed E-state index contributed by atoms with van der Waals surface area (Å²) in [6.45, 7) is 0. The lowest BCUT2D eigenvalue weighted by molar-refractivity contribution is -0.00000525. The van der Waals surface area contributed by atoms with Crippen LogP contribution < -0.4 is 38.6 Å². The lowest BCUT2D eigenvalue weighted by Crippen LogP contribution is -3.00. The number of anilines is 1. The van der Waals surface area contributed by atoms with Gasteiger partial charge in [-0.3, -0.25) is 0 Å². The van der Waals surface area contributed by atoms with Crippen LogP contribution in [0.15, 0.2) is 115 Å². The van der Waals surface area contributed by atoms with Crippen LogP contribution in [0.5, 0.6) is 0 Å². The number of nitrogens with two attached hydrogens (primary N) is 1. The van der Waals surface area contributed by atoms with Gasteiger partial charge in [-0.25, -0.2) is 0 Å². The van der Waals surface area contributed by atoms with Gasteiger partial charge in [0.15, 0.2) is 0 Å². The van der Waals surface area contributed by atoms with Crippen LogP contribution in [0.2, 0.25) is 0 Å². The number of rotatable bonds is 5. The van der Waals surface area contributed by atoms with Crippen molar-refractivity contribution in [3.05, 3.63) is 121 Å². The third-order valence-corrected chi connectivity index (χ3v) is 9.41. The first kappa shape index (κ1) is 20.3. The molecule has 0 bridgehead atoms. The van der Waals surface area contributed by atoms with E-state index in [-0.39, 0.29) is 17.0 Å². The van der Waals surface area contributed by atoms with Gasteiger partial charge in [0, 0.05) is 11.3 Å². The Balaban J connectivity index is 0.00000225. The predicted molar refractivity (Wildman–Crippen MR) is 120 cm³/mol. The number of hydrogen-bond donors (Lipinski definition) is 1. The SMILES string of the molecule is Nc1ccccc1C[P+](c1ccccc1)(c1ccccc1)c1ccccc1.[Br-]. The summed E-state index contributed by atoms with van der Waals surface area (Å²) in [5.74, 6) is 0. The molecule has 0 spiro atoms. The van der Waals surface area contributed by atoms with E-state index < -0.39 is 7.26 Å². The Morgan fingerprint density at radius 3 is 1.25 bits per heavy atom. The van der Waals surface area contributed by atoms with Crippen LogP contribution in [0.4, 0.5) is 5.69 Å². The molecule has 4 aromatic carbocycles. The van der Waals surface area contributed by atoms with Crippen molar-refractivity contribution < 1.29 is 17.0 Å². The summed E-state index contributed by atoms with van der Waals surface area (Å²) in [6, 6.07) is 41.0. The van der Waals surface area contributed by atoms with Crippen LogP contribution in [0.1, 0.15) is 5.56 Å². The molecule has 28 heavy (non-hydrogen) atoms. The Morgan fingerprint density at radius 2 is 0.857 bits per heavy atom. The molecule has 140 valence electrons. The molecule has 0 radical (unpaired) electrons. The first-order valence-electron chi connectivity index (χ1n) is 9.19. The first-order chi connectivity index (χ1) is 13.3. The van der Waals surface area contributed by atoms with E-state index >= 15 is 0 Å². The summed E-state index contributed by atoms with van der Waals surface area (Å²) < 4.78 is 0. The van der Waals surface area contributed by atoms with Crippen LogP contribution in [0.3, 0.4) is 0 Å². The molecule has 0 heterocycles. The van der Waals surface area contributed by atoms with E-state index in [1.54, 1.807) is 0 Å². The fourth-order valence-corrected chi connectivity index (χ4v) is 7.99. The summed E-state index contributed by atoms with van der Waals surface area (Å²) in [7, 11) is -1.88. The average molecular weight is 448 g/mol. The monoisotopic (exact) mass is 447 g/mol. The van der Waals surface area contributed by atoms with Crippen molar-refractivity contribution >= 4 is 28.9 Å². The summed E-state index contributed by atoms with van der Waals surface area (Å²) in [5.41, 5.74) is 8.46. The molecule has 0 aromatic heterocycles. The summed E-state index contributed by atoms with van der Waals surface area (Å²) in [6.07, 6.45) is 0.914. The highest BCUT2D eigenvalue weighted by Gasteiger charge is 2.45. The van der Waals surface area contributed by atoms with E-state index in [1.165, 1.54) is 21.5 Å². The molecular formula is C25H23BrNP. The molecule has 0 saturated carbocycles. The molecular weight excluding hydrogens is 425 g/mol. The highest BCUT2D eigenvalue weighted by molar-refractivity contribution is 7.95. The standard InChI is InChI=1S/C25H23NP.BrH/c26-25-19-11-10-12-21(25)20-27(22-13-4-1-5-14-22,23-15-6-2-7-16-23)24-17-8-3-9-18-24;/h1-19H,20,26H2;1H/q+1;/p-1. The number of nitrogen functional groups attached to an aromatic ring is 1. The molecule has 4 rings (SSSR count). The van der Waals surface area contributed by atoms with Crippen molar-refractivity contribution in [1.29, 1.82) is 0 Å². The van der Waals surface area contributed by atoms with Crippen LogP contribution in [-0.2, 0) is 6.16 Å². The van der Waals surface area contributed by atoms with Crippen LogP contribution in [0, 0.1) is 0 Å². The third-order valence-electron chi connectivity index (χ3n) is 5.05. The highest BCUT2D eigenvalue weighted by Crippen LogP contribution is 2.58. The van der Waals surface area contributed by atoms with Gasteiger partial charge in [0.25, 0.3) is 0 Å². The van der Waals surface area contributed by atoms with Gasteiger partial charge >= 0.3 is 0 Å². The van der Waals surface area contributed by atoms with Gasteiger partial charge in [0.1, 0.15) is 29.3 Å². The Kier molecular flexibility index (Phi) is 6.67. The Labute approximate surface area is 178 Å². The van der Waals surface area contributed by atoms with Gasteiger partial charge in [0.2, 0.25) is 0 Å². The van der Waals surface area contributed by atoms with Gasteiger partial charge in [-0.2, -0.15) is 0 Å². The molecule has 0 aliphatic heterocycles. The third kappa shape index (κ3) is 3.90. The summed E-state index contributed by atoms with van der Waals surface area (Å²) in [4.78, 5) is 0. The second-order valence-corrected chi connectivity index (χ2v) is 10.2. The van der Waals surface area contributed by atoms with Crippen LogP contribution >= 0.6 is 7.26 Å². The van der Waals surface area contributed by atoms with Crippen molar-refractivity contribution in [2.45, 2.75) is 6.16 Å². The lowest BCUT2D eigenvalue weighted by atomic mass is 10.2. The van der Waals surface area contributed by atoms with E-state index in [0.717, 1.165) is 11.8 Å². The van der Waals surface area contributed by atoms with Gasteiger partial charge in [-0.05, 0) is 42.5 Å². The Morgan fingerprint density at radius 1 is 0.500 bits per heavy atom. The van der Waals surface area contributed by atoms with Crippen molar-refractivity contribution in [2.24, 2.45) is 0 Å². The molecule has 2 N–H and O–H groups in total. The molecule has 4 aromatic rings. The minimum atomic E-state index is -1.88. The van der Waals surface area contributed by atoms with E-state index in [2.05, 4.69) is 103 Å². The zero-order valence-corrected chi connectivity index (χ0v) is 18.1. The topological polar surface area (TPSA) is 26.0 Å². The predicted octanol–water partition coefficient (Wildman–Crippen LogP) is 1.77. The Bertz CT molecular complexity index is 907. The number of benzene rings is 4. The fourth-order valence-electron chi connectivity index (χ4n) is 3.70. The average Bonchev–Trinajstić information content (AvgIpc) is 2.75. The quantitative estimate of drug-likeness (QED) is 0.366. The molecule has 0 amide bonds. The summed E-state index contributed by atoms with van der Waals surface area (Å²) in [5, 5.41) is 4.14. The fraction of sp³-hybridized carbons (Fsp3) is 0.0400. The van der Waals surface area contributed by atoms with Crippen molar-refractivity contribution in [2.75, 3.05) is 5.73 Å². The normalized spacial score (nSPS) is 10.9. The second-order valence-electron chi connectivity index (χ2n) is 6.67. The second kappa shape index (κ2) is 9.19. The van der Waals surface area contributed by atoms with Gasteiger partial charge < -0.3 is 22.7 Å². The maximum absolute atomic E-state index is 6.38. The zero-order chi connectivity index (χ0) is 18.5. The van der Waals surface area contributed by atoms with Gasteiger partial charge in [0.05, 0.1) is 0 Å². The van der Waals surface area contributed by atoms with Gasteiger partial charge in [-0.1, -0.05) is 72.8 Å². The van der Waals surface area contributed by atoms with Crippen LogP contribution in [0.25, 0.3) is 0 Å². The largest absolute Gasteiger partial charge is 1.00 e. The van der Waals surface area contributed by atoms with Crippen molar-refractivity contribution in [1.82, 2.24) is 0 Å². The van der Waals surface area contributed by atoms with E-state index in [4.69, 9.17) is 5.73 Å². The molecule has 0 unspecified atom stereocenters. The van der Waals surface area contributed by atoms with Crippen LogP contribution in [-0.4, -0.2) is 0 Å². The molecule has 0 atom stereocenters. The molecule has 0 aliphatic carbocycles. The van der Waals surface area contributed by atoms with E-state index in [9.17, 15) is 0 Å². The van der Waals surface area contributed by atoms with Crippen molar-refractivity contribution in [3.8, 4) is 0 Å². The summed E-state index contributed by atoms with van der Waals surface area (Å²) >= 11 is 0. The smallest absolute Gasteiger partial charge is 0.116 e. The van der Waals surface area contributed by atoms with Gasteiger partial charge in [-0.15, -0.1) is 0 Å². The maximum atomic E-state index is 6.38. The minimum Gasteiger partial charge on any atom is -1.00 e. The molecule has 0 saturated heterocycles. The van der Waals surface area contributed by atoms with E-state index in [0.29, 0.717) is 0 Å². The molecule has 1 nitrogen and oxygen atoms in total. The number of hydrogen-bond acceptors (Lipinski definition) is 1. The Hall–Kier alpha value is -2.41.